The van der Waals surface area contributed by atoms with Gasteiger partial charge >= 0.3 is 0 Å². The fraction of sp³-hybridized carbons (Fsp3) is 0.450. The van der Waals surface area contributed by atoms with Crippen molar-refractivity contribution in [1.29, 1.82) is 0 Å². The van der Waals surface area contributed by atoms with Crippen LogP contribution < -0.4 is 0 Å². The van der Waals surface area contributed by atoms with Gasteiger partial charge in [0.2, 0.25) is 0 Å². The average molecular weight is 387 g/mol. The molecule has 1 aromatic carbocycles. The van der Waals surface area contributed by atoms with Crippen LogP contribution in [0, 0.1) is 6.92 Å². The van der Waals surface area contributed by atoms with Crippen molar-refractivity contribution < 1.29 is 9.53 Å². The van der Waals surface area contributed by atoms with Gasteiger partial charge in [0.15, 0.2) is 5.82 Å². The van der Waals surface area contributed by atoms with Gasteiger partial charge in [0, 0.05) is 48.5 Å². The maximum atomic E-state index is 13.0. The zero-order chi connectivity index (χ0) is 18.8. The summed E-state index contributed by atoms with van der Waals surface area (Å²) in [6, 6.07) is 9.53. The van der Waals surface area contributed by atoms with Crippen LogP contribution in [0.15, 0.2) is 30.3 Å². The van der Waals surface area contributed by atoms with E-state index < -0.39 is 0 Å². The molecule has 27 heavy (non-hydrogen) atoms. The molecule has 4 rings (SSSR count). The summed E-state index contributed by atoms with van der Waals surface area (Å²) in [5, 5.41) is 0.661. The second-order valence-electron chi connectivity index (χ2n) is 7.07. The first-order valence-corrected chi connectivity index (χ1v) is 9.70. The minimum absolute atomic E-state index is 0.0218. The third-order valence-electron chi connectivity index (χ3n) is 5.19. The molecule has 6 nitrogen and oxygen atoms in total. The smallest absolute Gasteiger partial charge is 0.272 e. The lowest BCUT2D eigenvalue weighted by Gasteiger charge is -2.32. The normalized spacial score (nSPS) is 20.8. The monoisotopic (exact) mass is 386 g/mol. The second kappa shape index (κ2) is 7.92. The van der Waals surface area contributed by atoms with Gasteiger partial charge in [-0.05, 0) is 43.7 Å². The Labute approximate surface area is 164 Å². The maximum absolute atomic E-state index is 13.0. The summed E-state index contributed by atoms with van der Waals surface area (Å²) in [5.74, 6) is 0.533. The van der Waals surface area contributed by atoms with Crippen molar-refractivity contribution in [3.05, 3.63) is 46.7 Å². The van der Waals surface area contributed by atoms with E-state index in [2.05, 4.69) is 14.9 Å². The highest BCUT2D eigenvalue weighted by atomic mass is 35.5. The topological polar surface area (TPSA) is 58.6 Å². The number of rotatable bonds is 3. The Hall–Kier alpha value is -2.02. The molecule has 0 radical (unpaired) electrons. The number of aromatic nitrogens is 2. The number of benzene rings is 1. The zero-order valence-corrected chi connectivity index (χ0v) is 16.2. The highest BCUT2D eigenvalue weighted by Gasteiger charge is 2.32. The van der Waals surface area contributed by atoms with Crippen molar-refractivity contribution in [2.45, 2.75) is 19.4 Å². The number of hydrogen-bond acceptors (Lipinski definition) is 5. The first-order chi connectivity index (χ1) is 13.1. The Morgan fingerprint density at radius 2 is 1.89 bits per heavy atom. The lowest BCUT2D eigenvalue weighted by Crippen LogP contribution is -2.45. The number of ether oxygens (including phenoxy) is 1. The predicted molar refractivity (Wildman–Crippen MR) is 104 cm³/mol. The number of halogens is 1. The molecule has 1 amide bonds. The first kappa shape index (κ1) is 18.3. The number of carbonyl (C=O) groups excluding carboxylic acids is 1. The molecule has 2 aliphatic rings. The van der Waals surface area contributed by atoms with Gasteiger partial charge in [-0.3, -0.25) is 9.69 Å². The van der Waals surface area contributed by atoms with Gasteiger partial charge in [0.25, 0.3) is 5.91 Å². The summed E-state index contributed by atoms with van der Waals surface area (Å²) in [4.78, 5) is 26.4. The molecule has 0 spiro atoms. The van der Waals surface area contributed by atoms with Crippen LogP contribution in [0.2, 0.25) is 5.02 Å². The lowest BCUT2D eigenvalue weighted by atomic mass is 10.2. The van der Waals surface area contributed by atoms with E-state index in [1.807, 2.05) is 24.0 Å². The van der Waals surface area contributed by atoms with Crippen LogP contribution >= 0.6 is 11.6 Å². The van der Waals surface area contributed by atoms with Crippen LogP contribution in [-0.4, -0.2) is 71.1 Å². The van der Waals surface area contributed by atoms with Crippen LogP contribution in [0.25, 0.3) is 11.4 Å². The SMILES string of the molecule is Cc1cc(C(=O)N2CCC(N3CCOCC3)C2)nc(-c2ccc(Cl)cc2)n1. The van der Waals surface area contributed by atoms with Crippen LogP contribution in [0.4, 0.5) is 0 Å². The number of nitrogens with zero attached hydrogens (tertiary/aromatic N) is 4. The minimum atomic E-state index is -0.0218. The summed E-state index contributed by atoms with van der Waals surface area (Å²) in [7, 11) is 0. The zero-order valence-electron chi connectivity index (χ0n) is 15.4. The second-order valence-corrected chi connectivity index (χ2v) is 7.50. The van der Waals surface area contributed by atoms with Crippen LogP contribution in [-0.2, 0) is 4.74 Å². The van der Waals surface area contributed by atoms with Crippen molar-refractivity contribution in [2.24, 2.45) is 0 Å². The molecule has 2 aliphatic heterocycles. The van der Waals surface area contributed by atoms with E-state index in [0.29, 0.717) is 22.6 Å². The molecule has 0 N–H and O–H groups in total. The fourth-order valence-electron chi connectivity index (χ4n) is 3.74. The molecule has 1 unspecified atom stereocenters. The van der Waals surface area contributed by atoms with E-state index in [1.54, 1.807) is 18.2 Å². The van der Waals surface area contributed by atoms with Gasteiger partial charge in [-0.1, -0.05) is 11.6 Å². The van der Waals surface area contributed by atoms with Gasteiger partial charge in [-0.15, -0.1) is 0 Å². The standard InChI is InChI=1S/C20H23ClN4O2/c1-14-12-18(23-19(22-14)15-2-4-16(21)5-3-15)20(26)25-7-6-17(13-25)24-8-10-27-11-9-24/h2-5,12,17H,6-11,13H2,1H3. The number of likely N-dealkylation sites (tertiary alicyclic amines) is 1. The Morgan fingerprint density at radius 3 is 2.63 bits per heavy atom. The molecule has 1 aromatic heterocycles. The number of morpholine rings is 1. The molecule has 2 aromatic rings. The van der Waals surface area contributed by atoms with E-state index >= 15 is 0 Å². The molecule has 142 valence electrons. The summed E-state index contributed by atoms with van der Waals surface area (Å²) in [6.07, 6.45) is 1.000. The van der Waals surface area contributed by atoms with Gasteiger partial charge in [-0.25, -0.2) is 9.97 Å². The Bertz CT molecular complexity index is 821. The van der Waals surface area contributed by atoms with Crippen molar-refractivity contribution in [2.75, 3.05) is 39.4 Å². The predicted octanol–water partition coefficient (Wildman–Crippen LogP) is 2.65. The molecular formula is C20H23ClN4O2. The molecule has 1 atom stereocenters. The van der Waals surface area contributed by atoms with E-state index in [-0.39, 0.29) is 5.91 Å². The third-order valence-corrected chi connectivity index (χ3v) is 5.44. The van der Waals surface area contributed by atoms with Crippen molar-refractivity contribution >= 4 is 17.5 Å². The van der Waals surface area contributed by atoms with E-state index in [4.69, 9.17) is 16.3 Å². The summed E-state index contributed by atoms with van der Waals surface area (Å²) in [5.41, 5.74) is 2.09. The van der Waals surface area contributed by atoms with Crippen LogP contribution in [0.3, 0.4) is 0 Å². The first-order valence-electron chi connectivity index (χ1n) is 9.33. The average Bonchev–Trinajstić information content (AvgIpc) is 3.18. The molecular weight excluding hydrogens is 364 g/mol. The fourth-order valence-corrected chi connectivity index (χ4v) is 3.86. The highest BCUT2D eigenvalue weighted by Crippen LogP contribution is 2.22. The van der Waals surface area contributed by atoms with E-state index in [1.165, 1.54) is 0 Å². The number of aryl methyl sites for hydroxylation is 1. The molecule has 3 heterocycles. The highest BCUT2D eigenvalue weighted by molar-refractivity contribution is 6.30. The third kappa shape index (κ3) is 4.13. The molecule has 0 bridgehead atoms. The number of carbonyl (C=O) groups is 1. The Morgan fingerprint density at radius 1 is 1.15 bits per heavy atom. The van der Waals surface area contributed by atoms with Crippen molar-refractivity contribution in [3.8, 4) is 11.4 Å². The lowest BCUT2D eigenvalue weighted by molar-refractivity contribution is 0.0185. The molecule has 0 aliphatic carbocycles. The van der Waals surface area contributed by atoms with Crippen LogP contribution in [0.5, 0.6) is 0 Å². The number of hydrogen-bond donors (Lipinski definition) is 0. The van der Waals surface area contributed by atoms with Gasteiger partial charge in [-0.2, -0.15) is 0 Å². The number of amides is 1. The van der Waals surface area contributed by atoms with Crippen molar-refractivity contribution in [1.82, 2.24) is 19.8 Å². The van der Waals surface area contributed by atoms with E-state index in [9.17, 15) is 4.79 Å². The molecule has 0 saturated carbocycles. The Balaban J connectivity index is 1.51. The maximum Gasteiger partial charge on any atom is 0.272 e. The molecule has 2 fully saturated rings. The molecule has 7 heteroatoms. The van der Waals surface area contributed by atoms with Gasteiger partial charge < -0.3 is 9.64 Å². The minimum Gasteiger partial charge on any atom is -0.379 e. The van der Waals surface area contributed by atoms with E-state index in [0.717, 1.165) is 57.1 Å². The van der Waals surface area contributed by atoms with Gasteiger partial charge in [0.1, 0.15) is 5.69 Å². The van der Waals surface area contributed by atoms with Crippen LogP contribution in [0.1, 0.15) is 22.6 Å². The summed E-state index contributed by atoms with van der Waals surface area (Å²) in [6.45, 7) is 6.84. The summed E-state index contributed by atoms with van der Waals surface area (Å²) < 4.78 is 5.43. The largest absolute Gasteiger partial charge is 0.379 e. The Kier molecular flexibility index (Phi) is 5.38. The quantitative estimate of drug-likeness (QED) is 0.811. The van der Waals surface area contributed by atoms with Gasteiger partial charge in [0.05, 0.1) is 13.2 Å². The van der Waals surface area contributed by atoms with Crippen molar-refractivity contribution in [3.63, 3.8) is 0 Å². The summed E-state index contributed by atoms with van der Waals surface area (Å²) >= 11 is 5.96. The molecule has 2 saturated heterocycles.